The molecule has 19 heavy (non-hydrogen) atoms. The molecule has 2 aromatic carbocycles. The van der Waals surface area contributed by atoms with Gasteiger partial charge in [0.15, 0.2) is 17.3 Å². The molecule has 0 bridgehead atoms. The van der Waals surface area contributed by atoms with E-state index in [2.05, 4.69) is 0 Å². The third kappa shape index (κ3) is 1.93. The molecule has 4 nitrogen and oxygen atoms in total. The van der Waals surface area contributed by atoms with Crippen molar-refractivity contribution in [2.45, 2.75) is 0 Å². The Morgan fingerprint density at radius 1 is 1.05 bits per heavy atom. The highest BCUT2D eigenvalue weighted by molar-refractivity contribution is 6.15. The van der Waals surface area contributed by atoms with Crippen LogP contribution in [0.5, 0.6) is 17.2 Å². The standard InChI is InChI=1S/C15H10O4/c16-10-4-1-3-9(7-10)8-13-14(18)11-5-2-6-12(17)15(11)19-13/h1-8,16-17H/b13-8-. The van der Waals surface area contributed by atoms with Crippen LogP contribution in [-0.4, -0.2) is 16.0 Å². The lowest BCUT2D eigenvalue weighted by atomic mass is 10.1. The number of allylic oxidation sites excluding steroid dienone is 1. The Hall–Kier alpha value is -2.75. The maximum absolute atomic E-state index is 12.1. The van der Waals surface area contributed by atoms with Gasteiger partial charge in [-0.15, -0.1) is 0 Å². The zero-order valence-electron chi connectivity index (χ0n) is 9.83. The molecule has 0 aliphatic carbocycles. The second kappa shape index (κ2) is 4.17. The van der Waals surface area contributed by atoms with Crippen molar-refractivity contribution in [3.63, 3.8) is 0 Å². The van der Waals surface area contributed by atoms with Crippen LogP contribution in [0.3, 0.4) is 0 Å². The molecule has 0 saturated heterocycles. The predicted octanol–water partition coefficient (Wildman–Crippen LogP) is 2.71. The molecule has 2 aromatic rings. The molecule has 0 saturated carbocycles. The fraction of sp³-hybridized carbons (Fsp3) is 0. The minimum Gasteiger partial charge on any atom is -0.508 e. The predicted molar refractivity (Wildman–Crippen MR) is 69.1 cm³/mol. The summed E-state index contributed by atoms with van der Waals surface area (Å²) in [5.74, 6) is 0.0700. The van der Waals surface area contributed by atoms with Gasteiger partial charge < -0.3 is 14.9 Å². The van der Waals surface area contributed by atoms with Crippen molar-refractivity contribution in [3.05, 3.63) is 59.4 Å². The third-order valence-corrected chi connectivity index (χ3v) is 2.84. The number of Topliss-reactive ketones (excluding diaryl/α,β-unsaturated/α-hetero) is 1. The van der Waals surface area contributed by atoms with E-state index in [1.165, 1.54) is 18.2 Å². The van der Waals surface area contributed by atoms with Gasteiger partial charge in [-0.2, -0.15) is 0 Å². The van der Waals surface area contributed by atoms with Crippen LogP contribution in [0.25, 0.3) is 6.08 Å². The van der Waals surface area contributed by atoms with Crippen molar-refractivity contribution >= 4 is 11.9 Å². The quantitative estimate of drug-likeness (QED) is 0.768. The van der Waals surface area contributed by atoms with E-state index in [4.69, 9.17) is 4.74 Å². The van der Waals surface area contributed by atoms with Crippen molar-refractivity contribution in [3.8, 4) is 17.2 Å². The van der Waals surface area contributed by atoms with Crippen molar-refractivity contribution in [1.29, 1.82) is 0 Å². The maximum Gasteiger partial charge on any atom is 0.232 e. The first-order valence-corrected chi connectivity index (χ1v) is 5.70. The molecule has 3 rings (SSSR count). The second-order valence-electron chi connectivity index (χ2n) is 4.19. The van der Waals surface area contributed by atoms with Crippen molar-refractivity contribution in [1.82, 2.24) is 0 Å². The van der Waals surface area contributed by atoms with Crippen molar-refractivity contribution in [2.24, 2.45) is 0 Å². The average Bonchev–Trinajstić information content (AvgIpc) is 2.69. The lowest BCUT2D eigenvalue weighted by molar-refractivity contribution is 0.101. The minimum atomic E-state index is -0.283. The summed E-state index contributed by atoms with van der Waals surface area (Å²) >= 11 is 0. The number of benzene rings is 2. The highest BCUT2D eigenvalue weighted by Crippen LogP contribution is 2.38. The van der Waals surface area contributed by atoms with Crippen LogP contribution in [0.4, 0.5) is 0 Å². The van der Waals surface area contributed by atoms with Crippen LogP contribution in [0, 0.1) is 0 Å². The SMILES string of the molecule is O=C1/C(=C/c2cccc(O)c2)Oc2c(O)cccc21. The maximum atomic E-state index is 12.1. The van der Waals surface area contributed by atoms with Gasteiger partial charge >= 0.3 is 0 Å². The van der Waals surface area contributed by atoms with Crippen LogP contribution in [0.15, 0.2) is 48.2 Å². The molecule has 0 spiro atoms. The zero-order chi connectivity index (χ0) is 13.4. The number of fused-ring (bicyclic) bond motifs is 1. The molecule has 1 aliphatic heterocycles. The summed E-state index contributed by atoms with van der Waals surface area (Å²) < 4.78 is 5.37. The smallest absolute Gasteiger partial charge is 0.232 e. The van der Waals surface area contributed by atoms with Crippen LogP contribution in [-0.2, 0) is 0 Å². The van der Waals surface area contributed by atoms with Crippen LogP contribution in [0.1, 0.15) is 15.9 Å². The van der Waals surface area contributed by atoms with E-state index in [1.54, 1.807) is 30.3 Å². The number of rotatable bonds is 1. The van der Waals surface area contributed by atoms with Gasteiger partial charge in [-0.1, -0.05) is 18.2 Å². The summed E-state index contributed by atoms with van der Waals surface area (Å²) in [6, 6.07) is 11.1. The number of carbonyl (C=O) groups is 1. The van der Waals surface area contributed by atoms with Gasteiger partial charge in [0.25, 0.3) is 0 Å². The molecular weight excluding hydrogens is 244 g/mol. The number of phenolic OH excluding ortho intramolecular Hbond substituents is 2. The van der Waals surface area contributed by atoms with E-state index in [-0.39, 0.29) is 28.8 Å². The fourth-order valence-electron chi connectivity index (χ4n) is 1.96. The molecule has 0 aromatic heterocycles. The first-order valence-electron chi connectivity index (χ1n) is 5.70. The summed E-state index contributed by atoms with van der Waals surface area (Å²) in [5, 5.41) is 19.0. The Bertz CT molecular complexity index is 701. The number of para-hydroxylation sites is 1. The van der Waals surface area contributed by atoms with E-state index < -0.39 is 0 Å². The van der Waals surface area contributed by atoms with Gasteiger partial charge in [0.1, 0.15) is 5.75 Å². The van der Waals surface area contributed by atoms with Crippen molar-refractivity contribution < 1.29 is 19.7 Å². The molecule has 0 amide bonds. The fourth-order valence-corrected chi connectivity index (χ4v) is 1.96. The molecule has 0 atom stereocenters. The van der Waals surface area contributed by atoms with E-state index >= 15 is 0 Å². The number of ether oxygens (including phenoxy) is 1. The Labute approximate surface area is 109 Å². The number of hydrogen-bond donors (Lipinski definition) is 2. The monoisotopic (exact) mass is 254 g/mol. The molecule has 94 valence electrons. The molecule has 0 unspecified atom stereocenters. The minimum absolute atomic E-state index is 0.0647. The van der Waals surface area contributed by atoms with E-state index in [0.29, 0.717) is 11.1 Å². The Morgan fingerprint density at radius 3 is 2.58 bits per heavy atom. The summed E-state index contributed by atoms with van der Waals surface area (Å²) in [5.41, 5.74) is 0.988. The highest BCUT2D eigenvalue weighted by atomic mass is 16.5. The van der Waals surface area contributed by atoms with Gasteiger partial charge in [-0.05, 0) is 35.9 Å². The summed E-state index contributed by atoms with van der Waals surface area (Å²) in [6.07, 6.45) is 1.53. The first-order chi connectivity index (χ1) is 9.15. The van der Waals surface area contributed by atoms with Crippen molar-refractivity contribution in [2.75, 3.05) is 0 Å². The first kappa shape index (κ1) is 11.3. The summed E-state index contributed by atoms with van der Waals surface area (Å²) in [7, 11) is 0. The van der Waals surface area contributed by atoms with Gasteiger partial charge in [0.2, 0.25) is 5.78 Å². The number of aromatic hydroxyl groups is 2. The average molecular weight is 254 g/mol. The molecular formula is C15H10O4. The Morgan fingerprint density at radius 2 is 1.84 bits per heavy atom. The molecule has 1 heterocycles. The lowest BCUT2D eigenvalue weighted by Gasteiger charge is -2.00. The number of hydrogen-bond acceptors (Lipinski definition) is 4. The molecule has 4 heteroatoms. The van der Waals surface area contributed by atoms with Crippen LogP contribution < -0.4 is 4.74 Å². The van der Waals surface area contributed by atoms with Gasteiger partial charge in [-0.25, -0.2) is 0 Å². The van der Waals surface area contributed by atoms with Gasteiger partial charge in [-0.3, -0.25) is 4.79 Å². The van der Waals surface area contributed by atoms with Gasteiger partial charge in [0.05, 0.1) is 5.56 Å². The number of phenols is 2. The largest absolute Gasteiger partial charge is 0.508 e. The van der Waals surface area contributed by atoms with Crippen LogP contribution in [0.2, 0.25) is 0 Å². The molecule has 0 fully saturated rings. The summed E-state index contributed by atoms with van der Waals surface area (Å²) in [6.45, 7) is 0. The lowest BCUT2D eigenvalue weighted by Crippen LogP contribution is -1.97. The van der Waals surface area contributed by atoms with Crippen LogP contribution >= 0.6 is 0 Å². The Balaban J connectivity index is 2.02. The normalized spacial score (nSPS) is 15.4. The second-order valence-corrected chi connectivity index (χ2v) is 4.19. The molecule has 1 aliphatic rings. The summed E-state index contributed by atoms with van der Waals surface area (Å²) in [4.78, 5) is 12.1. The third-order valence-electron chi connectivity index (χ3n) is 2.84. The number of carbonyl (C=O) groups excluding carboxylic acids is 1. The van der Waals surface area contributed by atoms with E-state index in [9.17, 15) is 15.0 Å². The Kier molecular flexibility index (Phi) is 2.49. The highest BCUT2D eigenvalue weighted by Gasteiger charge is 2.29. The van der Waals surface area contributed by atoms with E-state index in [1.807, 2.05) is 0 Å². The van der Waals surface area contributed by atoms with E-state index in [0.717, 1.165) is 0 Å². The van der Waals surface area contributed by atoms with Gasteiger partial charge in [0, 0.05) is 0 Å². The molecule has 0 radical (unpaired) electrons. The molecule has 2 N–H and O–H groups in total. The topological polar surface area (TPSA) is 66.8 Å². The zero-order valence-corrected chi connectivity index (χ0v) is 9.83. The number of ketones is 1.